The van der Waals surface area contributed by atoms with Gasteiger partial charge in [0.25, 0.3) is 0 Å². The third kappa shape index (κ3) is 3.29. The Kier molecular flexibility index (Phi) is 4.14. The van der Waals surface area contributed by atoms with Crippen LogP contribution >= 0.6 is 15.9 Å². The van der Waals surface area contributed by atoms with Crippen LogP contribution in [0.1, 0.15) is 17.0 Å². The van der Waals surface area contributed by atoms with E-state index in [2.05, 4.69) is 21.0 Å². The van der Waals surface area contributed by atoms with Crippen LogP contribution in [0.25, 0.3) is 0 Å². The number of ketones is 1. The second kappa shape index (κ2) is 5.65. The van der Waals surface area contributed by atoms with E-state index in [0.29, 0.717) is 12.8 Å². The fourth-order valence-corrected chi connectivity index (χ4v) is 2.43. The Morgan fingerprint density at radius 3 is 2.47 bits per heavy atom. The van der Waals surface area contributed by atoms with E-state index in [0.717, 1.165) is 21.4 Å². The zero-order valence-electron chi connectivity index (χ0n) is 10.8. The Morgan fingerprint density at radius 2 is 1.95 bits per heavy atom. The van der Waals surface area contributed by atoms with Crippen LogP contribution < -0.4 is 0 Å². The van der Waals surface area contributed by atoms with Crippen LogP contribution in [-0.2, 0) is 24.7 Å². The molecule has 1 heterocycles. The number of carbonyl (C=O) groups is 1. The minimum Gasteiger partial charge on any atom is -0.299 e. The smallest absolute Gasteiger partial charge is 0.143 e. The number of Topliss-reactive ketones (excluding diaryl/α,β-unsaturated/α-hetero) is 1. The zero-order chi connectivity index (χ0) is 14.0. The minimum atomic E-state index is -0.291. The van der Waals surface area contributed by atoms with Gasteiger partial charge in [-0.05, 0) is 40.5 Å². The molecule has 0 radical (unpaired) electrons. The van der Waals surface area contributed by atoms with Crippen molar-refractivity contribution in [2.24, 2.45) is 7.05 Å². The van der Waals surface area contributed by atoms with Gasteiger partial charge in [0, 0.05) is 19.9 Å². The predicted octanol–water partition coefficient (Wildman–Crippen LogP) is 2.98. The van der Waals surface area contributed by atoms with Crippen LogP contribution in [-0.4, -0.2) is 15.6 Å². The summed E-state index contributed by atoms with van der Waals surface area (Å²) in [6.07, 6.45) is 0.617. The number of nitrogens with zero attached hydrogens (tertiary/aromatic N) is 2. The summed E-state index contributed by atoms with van der Waals surface area (Å²) in [5, 5.41) is 4.25. The van der Waals surface area contributed by atoms with E-state index in [9.17, 15) is 9.18 Å². The molecule has 3 nitrogen and oxygen atoms in total. The number of aromatic nitrogens is 2. The monoisotopic (exact) mass is 324 g/mol. The van der Waals surface area contributed by atoms with Gasteiger partial charge in [0.05, 0.1) is 15.9 Å². The third-order valence-electron chi connectivity index (χ3n) is 2.94. The van der Waals surface area contributed by atoms with Gasteiger partial charge < -0.3 is 0 Å². The summed E-state index contributed by atoms with van der Waals surface area (Å²) in [6, 6.07) is 6.01. The van der Waals surface area contributed by atoms with Crippen molar-refractivity contribution in [3.63, 3.8) is 0 Å². The number of hydrogen-bond donors (Lipinski definition) is 0. The Labute approximate surface area is 119 Å². The van der Waals surface area contributed by atoms with Crippen LogP contribution in [0.3, 0.4) is 0 Å². The largest absolute Gasteiger partial charge is 0.299 e. The van der Waals surface area contributed by atoms with E-state index < -0.39 is 0 Å². The summed E-state index contributed by atoms with van der Waals surface area (Å²) in [6.45, 7) is 1.89. The number of carbonyl (C=O) groups excluding carboxylic acids is 1. The van der Waals surface area contributed by atoms with Gasteiger partial charge in [0.2, 0.25) is 0 Å². The van der Waals surface area contributed by atoms with Crippen LogP contribution in [0.4, 0.5) is 4.39 Å². The fraction of sp³-hybridized carbons (Fsp3) is 0.286. The van der Waals surface area contributed by atoms with Gasteiger partial charge in [-0.15, -0.1) is 0 Å². The van der Waals surface area contributed by atoms with Gasteiger partial charge in [0.1, 0.15) is 11.6 Å². The van der Waals surface area contributed by atoms with Crippen molar-refractivity contribution in [2.45, 2.75) is 19.8 Å². The summed E-state index contributed by atoms with van der Waals surface area (Å²) < 4.78 is 15.4. The first-order chi connectivity index (χ1) is 8.97. The Hall–Kier alpha value is -1.49. The molecule has 2 aromatic rings. The van der Waals surface area contributed by atoms with Crippen LogP contribution in [0.5, 0.6) is 0 Å². The van der Waals surface area contributed by atoms with Crippen LogP contribution in [0.15, 0.2) is 28.7 Å². The molecule has 0 aliphatic rings. The molecule has 2 rings (SSSR count). The molecule has 1 aromatic heterocycles. The normalized spacial score (nSPS) is 10.7. The van der Waals surface area contributed by atoms with Crippen molar-refractivity contribution >= 4 is 21.7 Å². The quantitative estimate of drug-likeness (QED) is 0.866. The van der Waals surface area contributed by atoms with Crippen molar-refractivity contribution in [3.05, 3.63) is 51.5 Å². The maximum Gasteiger partial charge on any atom is 0.143 e. The highest BCUT2D eigenvalue weighted by Crippen LogP contribution is 2.21. The molecular formula is C14H14BrFN2O. The molecule has 19 heavy (non-hydrogen) atoms. The standard InChI is InChI=1S/C14H14BrFN2O/c1-9-14(15)13(18(2)17-9)8-12(19)7-10-3-5-11(16)6-4-10/h3-6H,7-8H2,1-2H3. The lowest BCUT2D eigenvalue weighted by Crippen LogP contribution is -2.10. The summed E-state index contributed by atoms with van der Waals surface area (Å²) in [5.74, 6) is -0.212. The van der Waals surface area contributed by atoms with Crippen molar-refractivity contribution < 1.29 is 9.18 Å². The molecule has 0 unspecified atom stereocenters. The molecule has 0 atom stereocenters. The predicted molar refractivity (Wildman–Crippen MR) is 74.5 cm³/mol. The molecule has 0 amide bonds. The number of aryl methyl sites for hydroxylation is 2. The number of halogens is 2. The van der Waals surface area contributed by atoms with Gasteiger partial charge in [-0.25, -0.2) is 4.39 Å². The van der Waals surface area contributed by atoms with Gasteiger partial charge in [-0.1, -0.05) is 12.1 Å². The van der Waals surface area contributed by atoms with E-state index in [4.69, 9.17) is 0 Å². The number of rotatable bonds is 4. The lowest BCUT2D eigenvalue weighted by atomic mass is 10.1. The SMILES string of the molecule is Cc1nn(C)c(CC(=O)Cc2ccc(F)cc2)c1Br. The molecule has 0 saturated carbocycles. The summed E-state index contributed by atoms with van der Waals surface area (Å²) in [5.41, 5.74) is 2.55. The number of hydrogen-bond acceptors (Lipinski definition) is 2. The lowest BCUT2D eigenvalue weighted by Gasteiger charge is -2.03. The molecule has 0 spiro atoms. The minimum absolute atomic E-state index is 0.0790. The van der Waals surface area contributed by atoms with Gasteiger partial charge in [-0.3, -0.25) is 9.48 Å². The summed E-state index contributed by atoms with van der Waals surface area (Å²) in [4.78, 5) is 12.0. The topological polar surface area (TPSA) is 34.9 Å². The Morgan fingerprint density at radius 1 is 1.32 bits per heavy atom. The van der Waals surface area contributed by atoms with E-state index in [1.807, 2.05) is 14.0 Å². The van der Waals surface area contributed by atoms with E-state index >= 15 is 0 Å². The third-order valence-corrected chi connectivity index (χ3v) is 3.97. The first-order valence-electron chi connectivity index (χ1n) is 5.91. The van der Waals surface area contributed by atoms with Crippen LogP contribution in [0.2, 0.25) is 0 Å². The van der Waals surface area contributed by atoms with Crippen molar-refractivity contribution in [1.82, 2.24) is 9.78 Å². The van der Waals surface area contributed by atoms with Gasteiger partial charge >= 0.3 is 0 Å². The van der Waals surface area contributed by atoms with E-state index in [-0.39, 0.29) is 11.6 Å². The average molecular weight is 325 g/mol. The molecule has 5 heteroatoms. The van der Waals surface area contributed by atoms with Gasteiger partial charge in [-0.2, -0.15) is 5.10 Å². The molecule has 0 saturated heterocycles. The first-order valence-corrected chi connectivity index (χ1v) is 6.71. The number of benzene rings is 1. The molecule has 100 valence electrons. The Bertz CT molecular complexity index is 605. The second-order valence-electron chi connectivity index (χ2n) is 4.49. The van der Waals surface area contributed by atoms with E-state index in [1.54, 1.807) is 16.8 Å². The Balaban J connectivity index is 2.07. The summed E-state index contributed by atoms with van der Waals surface area (Å²) in [7, 11) is 1.82. The molecular weight excluding hydrogens is 311 g/mol. The lowest BCUT2D eigenvalue weighted by molar-refractivity contribution is -0.117. The maximum absolute atomic E-state index is 12.8. The molecule has 0 aliphatic heterocycles. The highest BCUT2D eigenvalue weighted by Gasteiger charge is 2.14. The first kappa shape index (κ1) is 13.9. The molecule has 0 fully saturated rings. The molecule has 0 bridgehead atoms. The second-order valence-corrected chi connectivity index (χ2v) is 5.28. The molecule has 1 aromatic carbocycles. The maximum atomic E-state index is 12.8. The van der Waals surface area contributed by atoms with Crippen molar-refractivity contribution in [2.75, 3.05) is 0 Å². The highest BCUT2D eigenvalue weighted by atomic mass is 79.9. The molecule has 0 N–H and O–H groups in total. The van der Waals surface area contributed by atoms with Crippen molar-refractivity contribution in [3.8, 4) is 0 Å². The van der Waals surface area contributed by atoms with Crippen LogP contribution in [0, 0.1) is 12.7 Å². The van der Waals surface area contributed by atoms with Crippen molar-refractivity contribution in [1.29, 1.82) is 0 Å². The van der Waals surface area contributed by atoms with Gasteiger partial charge in [0.15, 0.2) is 0 Å². The highest BCUT2D eigenvalue weighted by molar-refractivity contribution is 9.10. The molecule has 0 aliphatic carbocycles. The average Bonchev–Trinajstić information content (AvgIpc) is 2.59. The summed E-state index contributed by atoms with van der Waals surface area (Å²) >= 11 is 3.44. The zero-order valence-corrected chi connectivity index (χ0v) is 12.4. The van der Waals surface area contributed by atoms with E-state index in [1.165, 1.54) is 12.1 Å². The fourth-order valence-electron chi connectivity index (χ4n) is 1.95.